The fourth-order valence-corrected chi connectivity index (χ4v) is 0.816. The second-order valence-corrected chi connectivity index (χ2v) is 2.46. The largest absolute Gasteiger partial charge is 0.453 e. The Balaban J connectivity index is 2.73. The number of rotatable bonds is 1. The Kier molecular flexibility index (Phi) is 3.20. The van der Waals surface area contributed by atoms with Gasteiger partial charge in [-0.1, -0.05) is 12.8 Å². The summed E-state index contributed by atoms with van der Waals surface area (Å²) in [4.78, 5) is 0. The topological polar surface area (TPSA) is 33.4 Å². The summed E-state index contributed by atoms with van der Waals surface area (Å²) in [5.41, 5.74) is 0. The normalized spacial score (nSPS) is 11.2. The van der Waals surface area contributed by atoms with E-state index in [1.54, 1.807) is 6.07 Å². The van der Waals surface area contributed by atoms with Gasteiger partial charge in [-0.2, -0.15) is 0 Å². The third-order valence-corrected chi connectivity index (χ3v) is 1.50. The van der Waals surface area contributed by atoms with E-state index in [9.17, 15) is 0 Å². The van der Waals surface area contributed by atoms with Crippen molar-refractivity contribution >= 4 is 0 Å². The number of aliphatic hydroxyl groups is 1. The molecule has 1 aromatic heterocycles. The molecule has 1 unspecified atom stereocenters. The Morgan fingerprint density at radius 1 is 1.62 bits per heavy atom. The van der Waals surface area contributed by atoms with E-state index in [2.05, 4.69) is 17.8 Å². The average molecular weight is 174 g/mol. The summed E-state index contributed by atoms with van der Waals surface area (Å²) in [6.45, 7) is 1.99. The molecule has 0 aliphatic heterocycles. The van der Waals surface area contributed by atoms with E-state index < -0.39 is 6.10 Å². The zero-order valence-corrected chi connectivity index (χ0v) is 7.37. The molecule has 2 heteroatoms. The minimum absolute atomic E-state index is 0.533. The first kappa shape index (κ1) is 9.45. The lowest BCUT2D eigenvalue weighted by molar-refractivity contribution is 0.290. The van der Waals surface area contributed by atoms with Gasteiger partial charge >= 0.3 is 0 Å². The lowest BCUT2D eigenvalue weighted by atomic mass is 10.3. The molecule has 2 nitrogen and oxygen atoms in total. The van der Waals surface area contributed by atoms with E-state index in [1.807, 2.05) is 13.0 Å². The molecular weight excluding hydrogens is 164 g/mol. The van der Waals surface area contributed by atoms with Gasteiger partial charge in [-0.25, -0.2) is 0 Å². The zero-order valence-electron chi connectivity index (χ0n) is 7.37. The van der Waals surface area contributed by atoms with Crippen LogP contribution in [-0.2, 0) is 6.42 Å². The Morgan fingerprint density at radius 3 is 2.92 bits per heavy atom. The van der Waals surface area contributed by atoms with E-state index in [0.717, 1.165) is 12.2 Å². The van der Waals surface area contributed by atoms with Gasteiger partial charge in [0.05, 0.1) is 0 Å². The summed E-state index contributed by atoms with van der Waals surface area (Å²) in [6, 6.07) is 3.61. The molecule has 0 bridgehead atoms. The monoisotopic (exact) mass is 174 g/mol. The van der Waals surface area contributed by atoms with Crippen molar-refractivity contribution in [3.8, 4) is 24.2 Å². The van der Waals surface area contributed by atoms with Crippen molar-refractivity contribution < 1.29 is 9.52 Å². The van der Waals surface area contributed by atoms with Crippen molar-refractivity contribution in [2.75, 3.05) is 0 Å². The first-order chi connectivity index (χ1) is 6.26. The Morgan fingerprint density at radius 2 is 2.38 bits per heavy atom. The average Bonchev–Trinajstić information content (AvgIpc) is 2.61. The second-order valence-electron chi connectivity index (χ2n) is 2.46. The first-order valence-corrected chi connectivity index (χ1v) is 4.00. The molecule has 1 N–H and O–H groups in total. The van der Waals surface area contributed by atoms with Crippen molar-refractivity contribution in [2.24, 2.45) is 0 Å². The van der Waals surface area contributed by atoms with Crippen molar-refractivity contribution in [1.82, 2.24) is 0 Å². The summed E-state index contributed by atoms with van der Waals surface area (Å²) in [5.74, 6) is 8.61. The van der Waals surface area contributed by atoms with Gasteiger partial charge in [0.2, 0.25) is 0 Å². The van der Waals surface area contributed by atoms with Gasteiger partial charge in [0.15, 0.2) is 11.9 Å². The number of furan rings is 1. The minimum atomic E-state index is -1.02. The van der Waals surface area contributed by atoms with Gasteiger partial charge in [-0.05, 0) is 24.0 Å². The van der Waals surface area contributed by atoms with Crippen LogP contribution in [0.4, 0.5) is 0 Å². The highest BCUT2D eigenvalue weighted by Gasteiger charge is 1.96. The van der Waals surface area contributed by atoms with Crippen LogP contribution in [0.25, 0.3) is 0 Å². The maximum absolute atomic E-state index is 8.93. The number of hydrogen-bond acceptors (Lipinski definition) is 2. The number of hydrogen-bond donors (Lipinski definition) is 1. The standard InChI is InChI=1S/C11H10O2/c1-3-9(12)5-6-11-8-7-10(4-2)13-11/h1,7-9,12H,4H2,2H3. The second kappa shape index (κ2) is 4.40. The highest BCUT2D eigenvalue weighted by molar-refractivity contribution is 5.30. The zero-order chi connectivity index (χ0) is 9.68. The molecule has 0 aliphatic rings. The molecule has 0 saturated carbocycles. The Bertz CT molecular complexity index is 371. The third-order valence-electron chi connectivity index (χ3n) is 1.50. The number of aliphatic hydroxyl groups excluding tert-OH is 1. The lowest BCUT2D eigenvalue weighted by Crippen LogP contribution is -1.96. The van der Waals surface area contributed by atoms with Crippen LogP contribution >= 0.6 is 0 Å². The van der Waals surface area contributed by atoms with Crippen LogP contribution < -0.4 is 0 Å². The Labute approximate surface area is 77.6 Å². The SMILES string of the molecule is C#CC(O)C#Cc1ccc(CC)o1. The molecule has 1 aromatic rings. The van der Waals surface area contributed by atoms with E-state index in [1.165, 1.54) is 0 Å². The molecule has 0 amide bonds. The fraction of sp³-hybridized carbons (Fsp3) is 0.273. The van der Waals surface area contributed by atoms with Gasteiger partial charge in [0.1, 0.15) is 5.76 Å². The van der Waals surface area contributed by atoms with Crippen molar-refractivity contribution in [3.63, 3.8) is 0 Å². The molecule has 0 spiro atoms. The smallest absolute Gasteiger partial charge is 0.177 e. The van der Waals surface area contributed by atoms with E-state index in [-0.39, 0.29) is 0 Å². The van der Waals surface area contributed by atoms with Crippen LogP contribution in [0, 0.1) is 24.2 Å². The summed E-state index contributed by atoms with van der Waals surface area (Å²) in [5, 5.41) is 8.93. The maximum atomic E-state index is 8.93. The molecule has 0 aromatic carbocycles. The predicted molar refractivity (Wildman–Crippen MR) is 49.8 cm³/mol. The van der Waals surface area contributed by atoms with E-state index in [0.29, 0.717) is 5.76 Å². The molecule has 0 aliphatic carbocycles. The maximum Gasteiger partial charge on any atom is 0.177 e. The van der Waals surface area contributed by atoms with Crippen molar-refractivity contribution in [1.29, 1.82) is 0 Å². The van der Waals surface area contributed by atoms with Crippen LogP contribution in [-0.4, -0.2) is 11.2 Å². The summed E-state index contributed by atoms with van der Waals surface area (Å²) in [6.07, 6.45) is 4.75. The van der Waals surface area contributed by atoms with Gasteiger partial charge in [0.25, 0.3) is 0 Å². The Hall–Kier alpha value is -1.64. The molecule has 1 heterocycles. The molecule has 0 fully saturated rings. The first-order valence-electron chi connectivity index (χ1n) is 4.00. The lowest BCUT2D eigenvalue weighted by Gasteiger charge is -1.86. The molecule has 0 saturated heterocycles. The summed E-state index contributed by atoms with van der Waals surface area (Å²) in [7, 11) is 0. The van der Waals surface area contributed by atoms with Crippen LogP contribution in [0.15, 0.2) is 16.5 Å². The minimum Gasteiger partial charge on any atom is -0.453 e. The van der Waals surface area contributed by atoms with Crippen LogP contribution in [0.3, 0.4) is 0 Å². The summed E-state index contributed by atoms with van der Waals surface area (Å²) < 4.78 is 5.27. The number of aryl methyl sites for hydroxylation is 1. The molecule has 13 heavy (non-hydrogen) atoms. The highest BCUT2D eigenvalue weighted by Crippen LogP contribution is 2.06. The number of terminal acetylenes is 1. The summed E-state index contributed by atoms with van der Waals surface area (Å²) >= 11 is 0. The van der Waals surface area contributed by atoms with Crippen molar-refractivity contribution in [2.45, 2.75) is 19.4 Å². The third kappa shape index (κ3) is 2.71. The predicted octanol–water partition coefficient (Wildman–Crippen LogP) is 1.19. The molecular formula is C11H10O2. The van der Waals surface area contributed by atoms with Gasteiger partial charge in [-0.3, -0.25) is 0 Å². The van der Waals surface area contributed by atoms with Crippen molar-refractivity contribution in [3.05, 3.63) is 23.7 Å². The molecule has 0 radical (unpaired) electrons. The van der Waals surface area contributed by atoms with Crippen LogP contribution in [0.2, 0.25) is 0 Å². The van der Waals surface area contributed by atoms with Crippen LogP contribution in [0.1, 0.15) is 18.4 Å². The molecule has 1 rings (SSSR count). The van der Waals surface area contributed by atoms with Gasteiger partial charge in [-0.15, -0.1) is 6.42 Å². The van der Waals surface area contributed by atoms with Gasteiger partial charge in [0, 0.05) is 6.42 Å². The molecule has 66 valence electrons. The highest BCUT2D eigenvalue weighted by atomic mass is 16.3. The van der Waals surface area contributed by atoms with Crippen LogP contribution in [0.5, 0.6) is 0 Å². The van der Waals surface area contributed by atoms with E-state index >= 15 is 0 Å². The quantitative estimate of drug-likeness (QED) is 0.649. The molecule has 1 atom stereocenters. The van der Waals surface area contributed by atoms with Gasteiger partial charge < -0.3 is 9.52 Å². The van der Waals surface area contributed by atoms with E-state index in [4.69, 9.17) is 15.9 Å². The fourth-order valence-electron chi connectivity index (χ4n) is 0.816.